The minimum Gasteiger partial charge on any atom is -0.391 e. The fourth-order valence-electron chi connectivity index (χ4n) is 2.39. The van der Waals surface area contributed by atoms with Gasteiger partial charge in [0.05, 0.1) is 24.5 Å². The first-order chi connectivity index (χ1) is 7.65. The van der Waals surface area contributed by atoms with Gasteiger partial charge in [0.15, 0.2) is 0 Å². The molecular formula is C12H17NO3. The lowest BCUT2D eigenvalue weighted by atomic mass is 9.85. The molecule has 1 aliphatic heterocycles. The highest BCUT2D eigenvalue weighted by Crippen LogP contribution is 2.35. The number of likely N-dealkylation sites (tertiary alicyclic amines) is 1. The van der Waals surface area contributed by atoms with E-state index in [4.69, 9.17) is 0 Å². The zero-order chi connectivity index (χ0) is 11.7. The van der Waals surface area contributed by atoms with Crippen molar-refractivity contribution in [3.63, 3.8) is 0 Å². The quantitative estimate of drug-likeness (QED) is 0.566. The van der Waals surface area contributed by atoms with Crippen LogP contribution >= 0.6 is 0 Å². The molecule has 1 heterocycles. The summed E-state index contributed by atoms with van der Waals surface area (Å²) in [7, 11) is 0. The summed E-state index contributed by atoms with van der Waals surface area (Å²) < 4.78 is 0. The largest absolute Gasteiger partial charge is 0.391 e. The third kappa shape index (κ3) is 1.78. The van der Waals surface area contributed by atoms with Crippen molar-refractivity contribution in [2.24, 2.45) is 11.8 Å². The molecule has 2 aliphatic rings. The molecule has 1 N–H and O–H groups in total. The van der Waals surface area contributed by atoms with Gasteiger partial charge < -0.3 is 5.11 Å². The number of aliphatic hydroxyl groups is 1. The molecule has 1 unspecified atom stereocenters. The van der Waals surface area contributed by atoms with E-state index in [0.717, 1.165) is 0 Å². The minimum absolute atomic E-state index is 0.105. The molecule has 0 aromatic rings. The highest BCUT2D eigenvalue weighted by atomic mass is 16.3. The van der Waals surface area contributed by atoms with Gasteiger partial charge in [0.2, 0.25) is 11.8 Å². The molecule has 1 aliphatic carbocycles. The Kier molecular flexibility index (Phi) is 3.10. The Labute approximate surface area is 94.9 Å². The van der Waals surface area contributed by atoms with E-state index in [1.807, 2.05) is 19.1 Å². The van der Waals surface area contributed by atoms with E-state index >= 15 is 0 Å². The number of carbonyl (C=O) groups excluding carboxylic acids is 2. The number of hydrogen-bond acceptors (Lipinski definition) is 3. The molecular weight excluding hydrogens is 206 g/mol. The van der Waals surface area contributed by atoms with Gasteiger partial charge in [0.25, 0.3) is 0 Å². The molecule has 0 saturated carbocycles. The number of rotatable bonds is 3. The molecule has 0 aromatic heterocycles. The van der Waals surface area contributed by atoms with Crippen LogP contribution in [-0.2, 0) is 9.59 Å². The molecule has 4 heteroatoms. The predicted molar refractivity (Wildman–Crippen MR) is 58.4 cm³/mol. The summed E-state index contributed by atoms with van der Waals surface area (Å²) in [5.41, 5.74) is 0. The Bertz CT molecular complexity index is 311. The van der Waals surface area contributed by atoms with E-state index in [1.165, 1.54) is 4.90 Å². The Balaban J connectivity index is 2.11. The van der Waals surface area contributed by atoms with E-state index in [9.17, 15) is 14.7 Å². The molecule has 2 amide bonds. The van der Waals surface area contributed by atoms with Gasteiger partial charge >= 0.3 is 0 Å². The van der Waals surface area contributed by atoms with Crippen LogP contribution in [0.5, 0.6) is 0 Å². The fourth-order valence-corrected chi connectivity index (χ4v) is 2.39. The summed E-state index contributed by atoms with van der Waals surface area (Å²) in [6.45, 7) is 1.99. The number of imide groups is 1. The van der Waals surface area contributed by atoms with Gasteiger partial charge in [-0.2, -0.15) is 0 Å². The van der Waals surface area contributed by atoms with E-state index in [0.29, 0.717) is 19.3 Å². The molecule has 2 rings (SSSR count). The summed E-state index contributed by atoms with van der Waals surface area (Å²) in [5, 5.41) is 9.53. The number of allylic oxidation sites excluding steroid dienone is 2. The lowest BCUT2D eigenvalue weighted by Crippen LogP contribution is -2.37. The van der Waals surface area contributed by atoms with Crippen LogP contribution in [0, 0.1) is 11.8 Å². The summed E-state index contributed by atoms with van der Waals surface area (Å²) in [4.78, 5) is 25.2. The smallest absolute Gasteiger partial charge is 0.233 e. The molecule has 0 spiro atoms. The lowest BCUT2D eigenvalue weighted by molar-refractivity contribution is -0.141. The van der Waals surface area contributed by atoms with Gasteiger partial charge in [0.1, 0.15) is 0 Å². The van der Waals surface area contributed by atoms with Gasteiger partial charge in [-0.15, -0.1) is 0 Å². The Morgan fingerprint density at radius 1 is 1.31 bits per heavy atom. The van der Waals surface area contributed by atoms with Crippen molar-refractivity contribution in [3.05, 3.63) is 12.2 Å². The predicted octanol–water partition coefficient (Wildman–Crippen LogP) is 0.708. The van der Waals surface area contributed by atoms with Crippen LogP contribution < -0.4 is 0 Å². The highest BCUT2D eigenvalue weighted by molar-refractivity contribution is 6.05. The van der Waals surface area contributed by atoms with Crippen molar-refractivity contribution < 1.29 is 14.7 Å². The summed E-state index contributed by atoms with van der Waals surface area (Å²) >= 11 is 0. The number of fused-ring (bicyclic) bond motifs is 1. The van der Waals surface area contributed by atoms with E-state index in [1.54, 1.807) is 0 Å². The number of carbonyl (C=O) groups is 2. The van der Waals surface area contributed by atoms with E-state index in [2.05, 4.69) is 0 Å². The molecule has 4 nitrogen and oxygen atoms in total. The number of amides is 2. The molecule has 0 aromatic carbocycles. The second kappa shape index (κ2) is 4.37. The number of hydrogen-bond donors (Lipinski definition) is 1. The summed E-state index contributed by atoms with van der Waals surface area (Å²) in [6.07, 6.45) is 5.21. The van der Waals surface area contributed by atoms with Crippen molar-refractivity contribution in [3.8, 4) is 0 Å². The second-order valence-electron chi connectivity index (χ2n) is 4.50. The topological polar surface area (TPSA) is 57.6 Å². The first kappa shape index (κ1) is 11.3. The molecule has 16 heavy (non-hydrogen) atoms. The second-order valence-corrected chi connectivity index (χ2v) is 4.50. The van der Waals surface area contributed by atoms with Crippen LogP contribution in [0.1, 0.15) is 26.2 Å². The van der Waals surface area contributed by atoms with Crippen LogP contribution in [0.25, 0.3) is 0 Å². The molecule has 3 atom stereocenters. The van der Waals surface area contributed by atoms with Gasteiger partial charge in [-0.25, -0.2) is 0 Å². The van der Waals surface area contributed by atoms with Gasteiger partial charge in [-0.1, -0.05) is 19.1 Å². The van der Waals surface area contributed by atoms with Gasteiger partial charge in [0, 0.05) is 0 Å². The maximum absolute atomic E-state index is 12.0. The van der Waals surface area contributed by atoms with Crippen LogP contribution in [0.15, 0.2) is 12.2 Å². The molecule has 88 valence electrons. The fraction of sp³-hybridized carbons (Fsp3) is 0.667. The number of β-amino-alcohol motifs (C(OH)–C–C–N with tert-alkyl or cyclic N) is 1. The van der Waals surface area contributed by atoms with E-state index in [-0.39, 0.29) is 30.2 Å². The average Bonchev–Trinajstić information content (AvgIpc) is 2.55. The van der Waals surface area contributed by atoms with Gasteiger partial charge in [-0.05, 0) is 19.3 Å². The first-order valence-electron chi connectivity index (χ1n) is 5.83. The monoisotopic (exact) mass is 223 g/mol. The molecule has 1 fully saturated rings. The minimum atomic E-state index is -0.596. The Morgan fingerprint density at radius 2 is 1.81 bits per heavy atom. The van der Waals surface area contributed by atoms with Crippen molar-refractivity contribution in [1.29, 1.82) is 0 Å². The maximum atomic E-state index is 12.0. The lowest BCUT2D eigenvalue weighted by Gasteiger charge is -2.17. The molecule has 0 radical (unpaired) electrons. The standard InChI is InChI=1S/C12H17NO3/c1-2-8(14)7-13-11(15)9-5-3-4-6-10(9)12(13)16/h3-4,8-10,14H,2,5-7H2,1H3/t8?,9-,10+. The zero-order valence-electron chi connectivity index (χ0n) is 9.43. The highest BCUT2D eigenvalue weighted by Gasteiger charge is 2.47. The van der Waals surface area contributed by atoms with Crippen LogP contribution in [0.2, 0.25) is 0 Å². The number of nitrogens with zero attached hydrogens (tertiary/aromatic N) is 1. The number of aliphatic hydroxyl groups excluding tert-OH is 1. The van der Waals surface area contributed by atoms with E-state index < -0.39 is 6.10 Å². The third-order valence-corrected chi connectivity index (χ3v) is 3.46. The van der Waals surface area contributed by atoms with Crippen LogP contribution in [0.4, 0.5) is 0 Å². The Hall–Kier alpha value is -1.16. The van der Waals surface area contributed by atoms with Gasteiger partial charge in [-0.3, -0.25) is 14.5 Å². The summed E-state index contributed by atoms with van der Waals surface area (Å²) in [5.74, 6) is -0.568. The molecule has 0 bridgehead atoms. The van der Waals surface area contributed by atoms with Crippen LogP contribution in [-0.4, -0.2) is 34.5 Å². The normalized spacial score (nSPS) is 30.8. The maximum Gasteiger partial charge on any atom is 0.233 e. The van der Waals surface area contributed by atoms with Crippen molar-refractivity contribution in [1.82, 2.24) is 4.90 Å². The zero-order valence-corrected chi connectivity index (χ0v) is 9.43. The SMILES string of the molecule is CCC(O)CN1C(=O)[C@H]2CC=CC[C@H]2C1=O. The van der Waals surface area contributed by atoms with Crippen molar-refractivity contribution >= 4 is 11.8 Å². The third-order valence-electron chi connectivity index (χ3n) is 3.46. The average molecular weight is 223 g/mol. The first-order valence-corrected chi connectivity index (χ1v) is 5.83. The molecule has 1 saturated heterocycles. The van der Waals surface area contributed by atoms with Crippen molar-refractivity contribution in [2.45, 2.75) is 32.3 Å². The van der Waals surface area contributed by atoms with Crippen LogP contribution in [0.3, 0.4) is 0 Å². The summed E-state index contributed by atoms with van der Waals surface area (Å²) in [6, 6.07) is 0. The Morgan fingerprint density at radius 3 is 2.25 bits per heavy atom. The van der Waals surface area contributed by atoms with Crippen molar-refractivity contribution in [2.75, 3.05) is 6.54 Å².